The lowest BCUT2D eigenvalue weighted by molar-refractivity contribution is 0.720. The molecular weight excluding hydrogens is 381 g/mol. The van der Waals surface area contributed by atoms with Crippen molar-refractivity contribution in [2.75, 3.05) is 0 Å². The SMILES string of the molecule is CCn1c(=O)[nH]c(=O)c2[nH]c(-c3cn(-c4ccc(Cl)c(Cl)c4)nn3)nc21. The molecule has 0 unspecified atom stereocenters. The van der Waals surface area contributed by atoms with Crippen LogP contribution in [-0.4, -0.2) is 34.5 Å². The number of nitrogens with one attached hydrogen (secondary N) is 2. The Balaban J connectivity index is 1.83. The first-order valence-corrected chi connectivity index (χ1v) is 8.34. The molecule has 9 nitrogen and oxygen atoms in total. The number of fused-ring (bicyclic) bond motifs is 1. The van der Waals surface area contributed by atoms with Gasteiger partial charge in [0, 0.05) is 6.54 Å². The minimum absolute atomic E-state index is 0.200. The Morgan fingerprint density at radius 1 is 1.15 bits per heavy atom. The van der Waals surface area contributed by atoms with Gasteiger partial charge in [-0.1, -0.05) is 28.4 Å². The minimum atomic E-state index is -0.537. The summed E-state index contributed by atoms with van der Waals surface area (Å²) in [5.41, 5.74) is 0.484. The second-order valence-corrected chi connectivity index (χ2v) is 6.25. The van der Waals surface area contributed by atoms with Gasteiger partial charge >= 0.3 is 5.69 Å². The molecule has 132 valence electrons. The van der Waals surface area contributed by atoms with Gasteiger partial charge in [0.05, 0.1) is 21.9 Å². The number of halogens is 2. The summed E-state index contributed by atoms with van der Waals surface area (Å²) in [5.74, 6) is 0.324. The van der Waals surface area contributed by atoms with Crippen molar-refractivity contribution in [3.8, 4) is 17.2 Å². The number of hydrogen-bond acceptors (Lipinski definition) is 5. The van der Waals surface area contributed by atoms with Gasteiger partial charge in [0.25, 0.3) is 5.56 Å². The van der Waals surface area contributed by atoms with E-state index in [4.69, 9.17) is 23.2 Å². The van der Waals surface area contributed by atoms with Crippen LogP contribution in [0.2, 0.25) is 10.0 Å². The molecule has 3 aromatic heterocycles. The molecule has 0 aliphatic carbocycles. The average Bonchev–Trinajstić information content (AvgIpc) is 3.25. The summed E-state index contributed by atoms with van der Waals surface area (Å²) in [6, 6.07) is 5.05. The lowest BCUT2D eigenvalue weighted by Crippen LogP contribution is -2.29. The molecule has 0 amide bonds. The second kappa shape index (κ2) is 6.11. The monoisotopic (exact) mass is 391 g/mol. The molecule has 1 aromatic carbocycles. The summed E-state index contributed by atoms with van der Waals surface area (Å²) >= 11 is 11.9. The zero-order valence-corrected chi connectivity index (χ0v) is 14.8. The van der Waals surface area contributed by atoms with Crippen LogP contribution in [0.4, 0.5) is 0 Å². The van der Waals surface area contributed by atoms with Crippen LogP contribution < -0.4 is 11.2 Å². The Hall–Kier alpha value is -2.91. The topological polar surface area (TPSA) is 114 Å². The van der Waals surface area contributed by atoms with E-state index >= 15 is 0 Å². The third kappa shape index (κ3) is 2.61. The van der Waals surface area contributed by atoms with Gasteiger partial charge in [-0.15, -0.1) is 5.10 Å². The Morgan fingerprint density at radius 3 is 2.69 bits per heavy atom. The van der Waals surface area contributed by atoms with Gasteiger partial charge in [-0.2, -0.15) is 0 Å². The highest BCUT2D eigenvalue weighted by molar-refractivity contribution is 6.42. The van der Waals surface area contributed by atoms with Gasteiger partial charge in [-0.3, -0.25) is 14.3 Å². The summed E-state index contributed by atoms with van der Waals surface area (Å²) in [6.07, 6.45) is 1.62. The molecule has 26 heavy (non-hydrogen) atoms. The standard InChI is InChI=1S/C15H11Cl2N7O2/c1-2-23-13-11(14(25)20-15(23)26)18-12(19-13)10-6-24(22-21-10)7-3-4-8(16)9(17)5-7/h3-6H,2H2,1H3,(H,18,19)(H,20,25,26). The van der Waals surface area contributed by atoms with Crippen LogP contribution in [0.3, 0.4) is 0 Å². The fraction of sp³-hybridized carbons (Fsp3) is 0.133. The molecule has 4 aromatic rings. The maximum Gasteiger partial charge on any atom is 0.330 e. The summed E-state index contributed by atoms with van der Waals surface area (Å²) in [5, 5.41) is 8.93. The molecule has 0 radical (unpaired) electrons. The number of aryl methyl sites for hydroxylation is 1. The molecule has 0 aliphatic heterocycles. The molecule has 0 spiro atoms. The molecule has 0 fully saturated rings. The second-order valence-electron chi connectivity index (χ2n) is 5.43. The third-order valence-electron chi connectivity index (χ3n) is 3.85. The molecule has 0 saturated carbocycles. The van der Waals surface area contributed by atoms with Crippen LogP contribution in [0.1, 0.15) is 6.92 Å². The number of hydrogen-bond donors (Lipinski definition) is 2. The fourth-order valence-electron chi connectivity index (χ4n) is 2.58. The van der Waals surface area contributed by atoms with Crippen molar-refractivity contribution in [2.45, 2.75) is 13.5 Å². The zero-order chi connectivity index (χ0) is 18.4. The molecule has 4 rings (SSSR count). The van der Waals surface area contributed by atoms with Crippen molar-refractivity contribution in [3.63, 3.8) is 0 Å². The first kappa shape index (κ1) is 16.6. The highest BCUT2D eigenvalue weighted by Crippen LogP contribution is 2.25. The Labute approximate surface area is 155 Å². The molecular formula is C15H11Cl2N7O2. The van der Waals surface area contributed by atoms with Crippen molar-refractivity contribution in [2.24, 2.45) is 0 Å². The number of rotatable bonds is 3. The normalized spacial score (nSPS) is 11.3. The largest absolute Gasteiger partial charge is 0.331 e. The van der Waals surface area contributed by atoms with E-state index in [-0.39, 0.29) is 11.2 Å². The van der Waals surface area contributed by atoms with Crippen molar-refractivity contribution < 1.29 is 0 Å². The van der Waals surface area contributed by atoms with E-state index in [1.807, 2.05) is 0 Å². The predicted octanol–water partition coefficient (Wildman–Crippen LogP) is 1.99. The van der Waals surface area contributed by atoms with E-state index in [0.29, 0.717) is 33.8 Å². The van der Waals surface area contributed by atoms with Crippen LogP contribution in [0.5, 0.6) is 0 Å². The quantitative estimate of drug-likeness (QED) is 0.554. The molecule has 0 aliphatic rings. The van der Waals surface area contributed by atoms with Gasteiger partial charge in [0.15, 0.2) is 11.5 Å². The Morgan fingerprint density at radius 2 is 1.96 bits per heavy atom. The van der Waals surface area contributed by atoms with Gasteiger partial charge in [-0.05, 0) is 25.1 Å². The summed E-state index contributed by atoms with van der Waals surface area (Å²) in [7, 11) is 0. The fourth-order valence-corrected chi connectivity index (χ4v) is 2.87. The minimum Gasteiger partial charge on any atom is -0.331 e. The zero-order valence-electron chi connectivity index (χ0n) is 13.3. The summed E-state index contributed by atoms with van der Waals surface area (Å²) in [6.45, 7) is 2.15. The van der Waals surface area contributed by atoms with E-state index in [1.54, 1.807) is 31.3 Å². The van der Waals surface area contributed by atoms with Gasteiger partial charge in [-0.25, -0.2) is 14.5 Å². The predicted molar refractivity (Wildman–Crippen MR) is 97.0 cm³/mol. The number of nitrogens with zero attached hydrogens (tertiary/aromatic N) is 5. The third-order valence-corrected chi connectivity index (χ3v) is 4.59. The van der Waals surface area contributed by atoms with Crippen LogP contribution in [-0.2, 0) is 6.54 Å². The molecule has 0 bridgehead atoms. The average molecular weight is 392 g/mol. The van der Waals surface area contributed by atoms with E-state index in [2.05, 4.69) is 25.3 Å². The molecule has 0 saturated heterocycles. The van der Waals surface area contributed by atoms with Crippen LogP contribution >= 0.6 is 23.2 Å². The molecule has 0 atom stereocenters. The van der Waals surface area contributed by atoms with Crippen LogP contribution in [0.15, 0.2) is 34.0 Å². The van der Waals surface area contributed by atoms with E-state index in [0.717, 1.165) is 0 Å². The smallest absolute Gasteiger partial charge is 0.330 e. The van der Waals surface area contributed by atoms with E-state index in [9.17, 15) is 9.59 Å². The molecule has 2 N–H and O–H groups in total. The van der Waals surface area contributed by atoms with E-state index in [1.165, 1.54) is 9.25 Å². The van der Waals surface area contributed by atoms with Gasteiger partial charge in [0.2, 0.25) is 0 Å². The maximum absolute atomic E-state index is 12.0. The number of imidazole rings is 1. The van der Waals surface area contributed by atoms with Crippen LogP contribution in [0.25, 0.3) is 28.4 Å². The van der Waals surface area contributed by atoms with Crippen molar-refractivity contribution >= 4 is 34.4 Å². The highest BCUT2D eigenvalue weighted by Gasteiger charge is 2.15. The summed E-state index contributed by atoms with van der Waals surface area (Å²) in [4.78, 5) is 33.4. The van der Waals surface area contributed by atoms with Gasteiger partial charge in [0.1, 0.15) is 11.2 Å². The Kier molecular flexibility index (Phi) is 3.89. The molecule has 11 heteroatoms. The van der Waals surface area contributed by atoms with Crippen molar-refractivity contribution in [1.82, 2.24) is 34.5 Å². The van der Waals surface area contributed by atoms with E-state index < -0.39 is 11.2 Å². The molecule has 3 heterocycles. The van der Waals surface area contributed by atoms with Crippen molar-refractivity contribution in [3.05, 3.63) is 55.3 Å². The summed E-state index contributed by atoms with van der Waals surface area (Å²) < 4.78 is 2.86. The number of aromatic amines is 2. The first-order chi connectivity index (χ1) is 12.5. The van der Waals surface area contributed by atoms with Crippen LogP contribution in [0, 0.1) is 0 Å². The van der Waals surface area contributed by atoms with Gasteiger partial charge < -0.3 is 4.98 Å². The number of H-pyrrole nitrogens is 2. The first-order valence-electron chi connectivity index (χ1n) is 7.59. The lowest BCUT2D eigenvalue weighted by Gasteiger charge is -2.01. The maximum atomic E-state index is 12.0. The number of aromatic nitrogens is 7. The highest BCUT2D eigenvalue weighted by atomic mass is 35.5. The van der Waals surface area contributed by atoms with Crippen molar-refractivity contribution in [1.29, 1.82) is 0 Å². The lowest BCUT2D eigenvalue weighted by atomic mass is 10.3. The number of benzene rings is 1. The Bertz CT molecular complexity index is 1250.